The van der Waals surface area contributed by atoms with Gasteiger partial charge in [0.25, 0.3) is 5.69 Å². The van der Waals surface area contributed by atoms with Gasteiger partial charge in [0.1, 0.15) is 0 Å². The van der Waals surface area contributed by atoms with E-state index in [0.717, 1.165) is 31.6 Å². The molecule has 0 aliphatic carbocycles. The van der Waals surface area contributed by atoms with Gasteiger partial charge < -0.3 is 5.32 Å². The molecule has 2 unspecified atom stereocenters. The molecule has 1 aliphatic rings. The van der Waals surface area contributed by atoms with E-state index in [1.807, 2.05) is 6.07 Å². The third-order valence-electron chi connectivity index (χ3n) is 4.32. The van der Waals surface area contributed by atoms with Crippen LogP contribution in [0.4, 0.5) is 5.69 Å². The molecular formula is C16H25N3O2. The van der Waals surface area contributed by atoms with Gasteiger partial charge in [-0.25, -0.2) is 0 Å². The highest BCUT2D eigenvalue weighted by molar-refractivity contribution is 5.35. The van der Waals surface area contributed by atoms with Gasteiger partial charge in [-0.2, -0.15) is 0 Å². The van der Waals surface area contributed by atoms with E-state index in [2.05, 4.69) is 24.1 Å². The number of nitrogens with one attached hydrogen (secondary N) is 1. The van der Waals surface area contributed by atoms with E-state index in [1.165, 1.54) is 12.8 Å². The van der Waals surface area contributed by atoms with Crippen molar-refractivity contribution in [3.63, 3.8) is 0 Å². The average molecular weight is 291 g/mol. The lowest BCUT2D eigenvalue weighted by Gasteiger charge is -2.32. The van der Waals surface area contributed by atoms with Crippen LogP contribution in [0.3, 0.4) is 0 Å². The zero-order chi connectivity index (χ0) is 15.2. The fourth-order valence-electron chi connectivity index (χ4n) is 3.22. The van der Waals surface area contributed by atoms with Crippen molar-refractivity contribution >= 4 is 5.69 Å². The molecule has 1 heterocycles. The lowest BCUT2D eigenvalue weighted by atomic mass is 10.0. The maximum absolute atomic E-state index is 11.0. The summed E-state index contributed by atoms with van der Waals surface area (Å²) in [5, 5.41) is 14.5. The molecule has 1 saturated heterocycles. The first kappa shape index (κ1) is 15.9. The highest BCUT2D eigenvalue weighted by Gasteiger charge is 2.23. The Labute approximate surface area is 126 Å². The molecule has 0 saturated carbocycles. The van der Waals surface area contributed by atoms with E-state index >= 15 is 0 Å². The topological polar surface area (TPSA) is 58.4 Å². The molecule has 0 amide bonds. The minimum absolute atomic E-state index is 0.181. The van der Waals surface area contributed by atoms with Crippen LogP contribution in [-0.2, 0) is 0 Å². The molecule has 2 atom stereocenters. The van der Waals surface area contributed by atoms with Crippen LogP contribution >= 0.6 is 0 Å². The summed E-state index contributed by atoms with van der Waals surface area (Å²) in [4.78, 5) is 13.1. The van der Waals surface area contributed by atoms with Gasteiger partial charge in [0, 0.05) is 30.8 Å². The van der Waals surface area contributed by atoms with Crippen LogP contribution < -0.4 is 5.32 Å². The van der Waals surface area contributed by atoms with Crippen molar-refractivity contribution in [1.82, 2.24) is 10.2 Å². The van der Waals surface area contributed by atoms with Crippen LogP contribution in [0.2, 0.25) is 0 Å². The maximum Gasteiger partial charge on any atom is 0.269 e. The van der Waals surface area contributed by atoms with Crippen LogP contribution in [0.15, 0.2) is 24.3 Å². The molecule has 1 N–H and O–H groups in total. The molecule has 1 fully saturated rings. The highest BCUT2D eigenvalue weighted by atomic mass is 16.6. The third-order valence-corrected chi connectivity index (χ3v) is 4.32. The SMILES string of the molecule is CCC(c1cccc([N+](=O)[O-])c1)N(CC)CC1CCCN1. The second-order valence-corrected chi connectivity index (χ2v) is 5.66. The number of rotatable bonds is 7. The zero-order valence-corrected chi connectivity index (χ0v) is 12.9. The summed E-state index contributed by atoms with van der Waals surface area (Å²) in [6, 6.07) is 7.88. The summed E-state index contributed by atoms with van der Waals surface area (Å²) in [5.74, 6) is 0. The Morgan fingerprint density at radius 2 is 2.29 bits per heavy atom. The predicted octanol–water partition coefficient (Wildman–Crippen LogP) is 3.12. The van der Waals surface area contributed by atoms with Gasteiger partial charge in [0.2, 0.25) is 0 Å². The van der Waals surface area contributed by atoms with Gasteiger partial charge in [-0.15, -0.1) is 0 Å². The molecular weight excluding hydrogens is 266 g/mol. The first-order valence-electron chi connectivity index (χ1n) is 7.87. The molecule has 1 aromatic carbocycles. The number of nitro groups is 1. The van der Waals surface area contributed by atoms with Crippen molar-refractivity contribution in [3.05, 3.63) is 39.9 Å². The Morgan fingerprint density at radius 3 is 2.86 bits per heavy atom. The summed E-state index contributed by atoms with van der Waals surface area (Å²) in [5.41, 5.74) is 1.23. The van der Waals surface area contributed by atoms with E-state index in [9.17, 15) is 10.1 Å². The largest absolute Gasteiger partial charge is 0.313 e. The first-order valence-corrected chi connectivity index (χ1v) is 7.87. The molecule has 0 radical (unpaired) electrons. The van der Waals surface area contributed by atoms with E-state index in [1.54, 1.807) is 18.2 Å². The van der Waals surface area contributed by atoms with E-state index in [4.69, 9.17) is 0 Å². The van der Waals surface area contributed by atoms with Crippen LogP contribution in [0.5, 0.6) is 0 Å². The highest BCUT2D eigenvalue weighted by Crippen LogP contribution is 2.27. The standard InChI is InChI=1S/C16H25N3O2/c1-3-16(13-7-5-9-15(11-13)19(20)21)18(4-2)12-14-8-6-10-17-14/h5,7,9,11,14,16-17H,3-4,6,8,10,12H2,1-2H3. The predicted molar refractivity (Wildman–Crippen MR) is 84.4 cm³/mol. The van der Waals surface area contributed by atoms with Crippen molar-refractivity contribution in [1.29, 1.82) is 0 Å². The summed E-state index contributed by atoms with van der Waals surface area (Å²) in [7, 11) is 0. The van der Waals surface area contributed by atoms with E-state index < -0.39 is 0 Å². The van der Waals surface area contributed by atoms with Gasteiger partial charge in [0.15, 0.2) is 0 Å². The summed E-state index contributed by atoms with van der Waals surface area (Å²) in [6.45, 7) is 7.39. The fourth-order valence-corrected chi connectivity index (χ4v) is 3.22. The summed E-state index contributed by atoms with van der Waals surface area (Å²) in [6.07, 6.45) is 3.43. The fraction of sp³-hybridized carbons (Fsp3) is 0.625. The lowest BCUT2D eigenvalue weighted by molar-refractivity contribution is -0.385. The number of nitrogens with zero attached hydrogens (tertiary/aromatic N) is 2. The number of benzene rings is 1. The van der Waals surface area contributed by atoms with Crippen molar-refractivity contribution in [3.8, 4) is 0 Å². The molecule has 21 heavy (non-hydrogen) atoms. The molecule has 1 aromatic rings. The summed E-state index contributed by atoms with van der Waals surface area (Å²) < 4.78 is 0. The molecule has 0 aromatic heterocycles. The normalized spacial score (nSPS) is 19.9. The van der Waals surface area contributed by atoms with Gasteiger partial charge in [-0.05, 0) is 37.9 Å². The molecule has 1 aliphatic heterocycles. The molecule has 0 spiro atoms. The van der Waals surface area contributed by atoms with Crippen LogP contribution in [-0.4, -0.2) is 35.5 Å². The van der Waals surface area contributed by atoms with Gasteiger partial charge in [-0.3, -0.25) is 15.0 Å². The number of non-ortho nitro benzene ring substituents is 1. The van der Waals surface area contributed by atoms with Crippen molar-refractivity contribution in [2.75, 3.05) is 19.6 Å². The van der Waals surface area contributed by atoms with E-state index in [-0.39, 0.29) is 16.7 Å². The molecule has 5 heteroatoms. The van der Waals surface area contributed by atoms with Crippen LogP contribution in [0.25, 0.3) is 0 Å². The third kappa shape index (κ3) is 4.02. The number of hydrogen-bond acceptors (Lipinski definition) is 4. The molecule has 5 nitrogen and oxygen atoms in total. The van der Waals surface area contributed by atoms with Gasteiger partial charge in [-0.1, -0.05) is 26.0 Å². The Bertz CT molecular complexity index is 472. The molecule has 0 bridgehead atoms. The summed E-state index contributed by atoms with van der Waals surface area (Å²) >= 11 is 0. The minimum Gasteiger partial charge on any atom is -0.313 e. The Balaban J connectivity index is 2.15. The smallest absolute Gasteiger partial charge is 0.269 e. The lowest BCUT2D eigenvalue weighted by Crippen LogP contribution is -2.39. The number of hydrogen-bond donors (Lipinski definition) is 1. The van der Waals surface area contributed by atoms with Crippen LogP contribution in [0, 0.1) is 10.1 Å². The quantitative estimate of drug-likeness (QED) is 0.619. The number of likely N-dealkylation sites (N-methyl/N-ethyl adjacent to an activating group) is 1. The van der Waals surface area contributed by atoms with Crippen LogP contribution in [0.1, 0.15) is 44.7 Å². The molecule has 116 valence electrons. The molecule has 2 rings (SSSR count). The monoisotopic (exact) mass is 291 g/mol. The van der Waals surface area contributed by atoms with E-state index in [0.29, 0.717) is 6.04 Å². The Hall–Kier alpha value is -1.46. The van der Waals surface area contributed by atoms with Crippen molar-refractivity contribution < 1.29 is 4.92 Å². The Kier molecular flexibility index (Phi) is 5.70. The first-order chi connectivity index (χ1) is 10.2. The van der Waals surface area contributed by atoms with Crippen molar-refractivity contribution in [2.24, 2.45) is 0 Å². The second-order valence-electron chi connectivity index (χ2n) is 5.66. The van der Waals surface area contributed by atoms with Gasteiger partial charge >= 0.3 is 0 Å². The second kappa shape index (κ2) is 7.52. The maximum atomic E-state index is 11.0. The van der Waals surface area contributed by atoms with Crippen molar-refractivity contribution in [2.45, 2.75) is 45.2 Å². The minimum atomic E-state index is -0.314. The van der Waals surface area contributed by atoms with Gasteiger partial charge in [0.05, 0.1) is 4.92 Å². The average Bonchev–Trinajstić information content (AvgIpc) is 3.00. The zero-order valence-electron chi connectivity index (χ0n) is 12.9. The Morgan fingerprint density at radius 1 is 1.48 bits per heavy atom. The number of nitro benzene ring substituents is 1.